The molecule has 3 N–H and O–H groups in total. The standard InChI is InChI=1S/C12H18N2O3S3/c1-14(8-4-2-3-5-9(8)15)20(16,17)11-7-6-10(19-11)12(13)18/h6-9,15H,2-5H2,1H3,(H2,13,18). The van der Waals surface area contributed by atoms with Crippen LogP contribution in [0.15, 0.2) is 16.3 Å². The first-order chi connectivity index (χ1) is 9.34. The van der Waals surface area contributed by atoms with Crippen LogP contribution in [0.3, 0.4) is 0 Å². The van der Waals surface area contributed by atoms with Gasteiger partial charge in [0.1, 0.15) is 9.20 Å². The van der Waals surface area contributed by atoms with Gasteiger partial charge in [0.05, 0.1) is 17.0 Å². The predicted molar refractivity (Wildman–Crippen MR) is 83.4 cm³/mol. The van der Waals surface area contributed by atoms with Gasteiger partial charge in [-0.05, 0) is 25.0 Å². The third-order valence-corrected chi connectivity index (χ3v) is 7.44. The highest BCUT2D eigenvalue weighted by molar-refractivity contribution is 7.91. The van der Waals surface area contributed by atoms with E-state index in [1.54, 1.807) is 6.07 Å². The van der Waals surface area contributed by atoms with Crippen molar-refractivity contribution >= 4 is 38.6 Å². The van der Waals surface area contributed by atoms with E-state index in [0.29, 0.717) is 17.7 Å². The minimum Gasteiger partial charge on any atom is -0.391 e. The Kier molecular flexibility index (Phi) is 4.80. The first-order valence-corrected chi connectivity index (χ1v) is 9.06. The zero-order valence-electron chi connectivity index (χ0n) is 11.2. The molecule has 8 heteroatoms. The number of aliphatic hydroxyl groups is 1. The summed E-state index contributed by atoms with van der Waals surface area (Å²) in [6.45, 7) is 0. The van der Waals surface area contributed by atoms with Crippen LogP contribution in [0.1, 0.15) is 30.6 Å². The molecular weight excluding hydrogens is 316 g/mol. The van der Waals surface area contributed by atoms with Crippen LogP contribution in [0.25, 0.3) is 0 Å². The normalized spacial score (nSPS) is 23.9. The molecule has 1 fully saturated rings. The van der Waals surface area contributed by atoms with Gasteiger partial charge in [-0.25, -0.2) is 8.42 Å². The fourth-order valence-corrected chi connectivity index (χ4v) is 5.38. The number of hydrogen-bond acceptors (Lipinski definition) is 5. The fourth-order valence-electron chi connectivity index (χ4n) is 2.43. The zero-order chi connectivity index (χ0) is 14.9. The number of hydrogen-bond donors (Lipinski definition) is 2. The predicted octanol–water partition coefficient (Wildman–Crippen LogP) is 1.31. The molecule has 0 aliphatic heterocycles. The monoisotopic (exact) mass is 334 g/mol. The van der Waals surface area contributed by atoms with E-state index in [1.807, 2.05) is 0 Å². The van der Waals surface area contributed by atoms with Gasteiger partial charge in [0.2, 0.25) is 0 Å². The number of aliphatic hydroxyl groups excluding tert-OH is 1. The van der Waals surface area contributed by atoms with Crippen molar-refractivity contribution < 1.29 is 13.5 Å². The molecule has 0 radical (unpaired) electrons. The maximum Gasteiger partial charge on any atom is 0.252 e. The van der Waals surface area contributed by atoms with Crippen LogP contribution in [0.2, 0.25) is 0 Å². The highest BCUT2D eigenvalue weighted by Gasteiger charge is 2.34. The molecule has 0 amide bonds. The van der Waals surface area contributed by atoms with Crippen molar-refractivity contribution in [3.05, 3.63) is 17.0 Å². The zero-order valence-corrected chi connectivity index (χ0v) is 13.6. The molecule has 1 aromatic heterocycles. The number of thiophene rings is 1. The Morgan fingerprint density at radius 2 is 2.10 bits per heavy atom. The lowest BCUT2D eigenvalue weighted by Gasteiger charge is -2.34. The molecule has 2 unspecified atom stereocenters. The van der Waals surface area contributed by atoms with Crippen molar-refractivity contribution in [3.8, 4) is 0 Å². The molecule has 1 saturated carbocycles. The number of nitrogens with zero attached hydrogens (tertiary/aromatic N) is 1. The van der Waals surface area contributed by atoms with E-state index in [-0.39, 0.29) is 15.2 Å². The molecule has 1 aromatic rings. The second kappa shape index (κ2) is 6.07. The Hall–Kier alpha value is -0.540. The maximum absolute atomic E-state index is 12.6. The molecule has 0 bridgehead atoms. The topological polar surface area (TPSA) is 83.6 Å². The molecule has 0 saturated heterocycles. The third-order valence-electron chi connectivity index (χ3n) is 3.62. The van der Waals surface area contributed by atoms with Crippen molar-refractivity contribution in [3.63, 3.8) is 0 Å². The van der Waals surface area contributed by atoms with Crippen LogP contribution in [0.4, 0.5) is 0 Å². The van der Waals surface area contributed by atoms with Gasteiger partial charge in [0, 0.05) is 7.05 Å². The lowest BCUT2D eigenvalue weighted by molar-refractivity contribution is 0.0638. The number of sulfonamides is 1. The average molecular weight is 334 g/mol. The summed E-state index contributed by atoms with van der Waals surface area (Å²) >= 11 is 5.91. The Bertz CT molecular complexity index is 597. The van der Waals surface area contributed by atoms with E-state index in [9.17, 15) is 13.5 Å². The number of likely N-dealkylation sites (N-methyl/N-ethyl adjacent to an activating group) is 1. The fraction of sp³-hybridized carbons (Fsp3) is 0.583. The Morgan fingerprint density at radius 1 is 1.45 bits per heavy atom. The van der Waals surface area contributed by atoms with Crippen molar-refractivity contribution in [2.45, 2.75) is 42.0 Å². The van der Waals surface area contributed by atoms with Crippen LogP contribution in [-0.2, 0) is 10.0 Å². The molecule has 0 spiro atoms. The van der Waals surface area contributed by atoms with Gasteiger partial charge in [0.15, 0.2) is 0 Å². The Morgan fingerprint density at radius 3 is 2.65 bits per heavy atom. The summed E-state index contributed by atoms with van der Waals surface area (Å²) in [5.74, 6) is 0. The van der Waals surface area contributed by atoms with Gasteiger partial charge < -0.3 is 10.8 Å². The van der Waals surface area contributed by atoms with Gasteiger partial charge in [-0.2, -0.15) is 4.31 Å². The second-order valence-electron chi connectivity index (χ2n) is 4.92. The first-order valence-electron chi connectivity index (χ1n) is 6.40. The van der Waals surface area contributed by atoms with Crippen molar-refractivity contribution in [2.75, 3.05) is 7.05 Å². The van der Waals surface area contributed by atoms with E-state index in [2.05, 4.69) is 0 Å². The molecule has 2 atom stereocenters. The van der Waals surface area contributed by atoms with Crippen LogP contribution in [0.5, 0.6) is 0 Å². The van der Waals surface area contributed by atoms with E-state index in [1.165, 1.54) is 17.4 Å². The van der Waals surface area contributed by atoms with Crippen LogP contribution < -0.4 is 5.73 Å². The lowest BCUT2D eigenvalue weighted by Crippen LogP contribution is -2.45. The van der Waals surface area contributed by atoms with Gasteiger partial charge in [0.25, 0.3) is 10.0 Å². The maximum atomic E-state index is 12.6. The van der Waals surface area contributed by atoms with Crippen molar-refractivity contribution in [2.24, 2.45) is 5.73 Å². The molecule has 20 heavy (non-hydrogen) atoms. The molecule has 1 heterocycles. The summed E-state index contributed by atoms with van der Waals surface area (Å²) in [4.78, 5) is 0.771. The minimum absolute atomic E-state index is 0.191. The third kappa shape index (κ3) is 3.04. The SMILES string of the molecule is CN(C1CCCCC1O)S(=O)(=O)c1ccc(C(N)=S)s1. The van der Waals surface area contributed by atoms with Crippen LogP contribution >= 0.6 is 23.6 Å². The van der Waals surface area contributed by atoms with Crippen LogP contribution in [0, 0.1) is 0 Å². The first kappa shape index (κ1) is 15.8. The molecule has 5 nitrogen and oxygen atoms in total. The average Bonchev–Trinajstić information content (AvgIpc) is 2.89. The quantitative estimate of drug-likeness (QED) is 0.811. The number of thiocarbonyl (C=S) groups is 1. The lowest BCUT2D eigenvalue weighted by atomic mass is 9.93. The number of rotatable bonds is 4. The molecule has 0 aromatic carbocycles. The molecule has 112 valence electrons. The summed E-state index contributed by atoms with van der Waals surface area (Å²) in [5.41, 5.74) is 5.50. The van der Waals surface area contributed by atoms with Gasteiger partial charge >= 0.3 is 0 Å². The Labute approximate surface area is 128 Å². The van der Waals surface area contributed by atoms with Gasteiger partial charge in [-0.15, -0.1) is 11.3 Å². The van der Waals surface area contributed by atoms with E-state index >= 15 is 0 Å². The molecule has 2 rings (SSSR count). The van der Waals surface area contributed by atoms with E-state index < -0.39 is 16.1 Å². The summed E-state index contributed by atoms with van der Waals surface area (Å²) in [5, 5.41) is 10.00. The summed E-state index contributed by atoms with van der Waals surface area (Å²) in [6, 6.07) is 2.77. The van der Waals surface area contributed by atoms with E-state index in [0.717, 1.165) is 24.2 Å². The molecule has 1 aliphatic carbocycles. The smallest absolute Gasteiger partial charge is 0.252 e. The summed E-state index contributed by atoms with van der Waals surface area (Å²) in [6.07, 6.45) is 2.61. The number of nitrogens with two attached hydrogens (primary N) is 1. The Balaban J connectivity index is 2.26. The van der Waals surface area contributed by atoms with Gasteiger partial charge in [-0.3, -0.25) is 0 Å². The highest BCUT2D eigenvalue weighted by atomic mass is 32.2. The second-order valence-corrected chi connectivity index (χ2v) is 8.67. The molecular formula is C12H18N2O3S3. The van der Waals surface area contributed by atoms with Crippen LogP contribution in [-0.4, -0.2) is 42.0 Å². The van der Waals surface area contributed by atoms with Gasteiger partial charge in [-0.1, -0.05) is 25.1 Å². The van der Waals surface area contributed by atoms with Crippen molar-refractivity contribution in [1.29, 1.82) is 0 Å². The summed E-state index contributed by atoms with van der Waals surface area (Å²) in [7, 11) is -2.09. The van der Waals surface area contributed by atoms with Crippen molar-refractivity contribution in [1.82, 2.24) is 4.31 Å². The van der Waals surface area contributed by atoms with E-state index in [4.69, 9.17) is 18.0 Å². The highest BCUT2D eigenvalue weighted by Crippen LogP contribution is 2.30. The summed E-state index contributed by atoms with van der Waals surface area (Å²) < 4.78 is 26.6. The molecule has 1 aliphatic rings. The largest absolute Gasteiger partial charge is 0.391 e. The minimum atomic E-state index is -3.61.